The van der Waals surface area contributed by atoms with Gasteiger partial charge in [0.05, 0.1) is 32.9 Å². The van der Waals surface area contributed by atoms with E-state index < -0.39 is 74.8 Å². The summed E-state index contributed by atoms with van der Waals surface area (Å²) < 4.78 is 62.4. The molecule has 4 aromatic carbocycles. The van der Waals surface area contributed by atoms with Crippen molar-refractivity contribution < 1.29 is 66.5 Å². The molecule has 0 saturated heterocycles. The van der Waals surface area contributed by atoms with Gasteiger partial charge in [0.15, 0.2) is 11.5 Å². The molecule has 0 saturated carbocycles. The molecule has 0 aliphatic rings. The van der Waals surface area contributed by atoms with Gasteiger partial charge in [-0.15, -0.1) is 24.8 Å². The van der Waals surface area contributed by atoms with Gasteiger partial charge in [0.1, 0.15) is 27.6 Å². The van der Waals surface area contributed by atoms with Gasteiger partial charge in [0.25, 0.3) is 10.1 Å². The van der Waals surface area contributed by atoms with Crippen LogP contribution in [-0.4, -0.2) is 48.0 Å². The monoisotopic (exact) mass is 688 g/mol. The third-order valence-corrected chi connectivity index (χ3v) is 9.09. The molecule has 18 nitrogen and oxygen atoms in total. The van der Waals surface area contributed by atoms with Crippen molar-refractivity contribution in [1.29, 1.82) is 0 Å². The lowest BCUT2D eigenvalue weighted by Gasteiger charge is -2.13. The van der Waals surface area contributed by atoms with Gasteiger partial charge in [-0.1, -0.05) is 29.3 Å². The van der Waals surface area contributed by atoms with Crippen LogP contribution in [0.1, 0.15) is 0 Å². The van der Waals surface area contributed by atoms with Crippen molar-refractivity contribution in [3.8, 4) is 11.5 Å². The van der Waals surface area contributed by atoms with E-state index in [4.69, 9.17) is 5.26 Å². The highest BCUT2D eigenvalue weighted by Crippen LogP contribution is 2.51. The number of fused-ring (bicyclic) bond motifs is 1. The molecule has 0 fully saturated rings. The zero-order valence-corrected chi connectivity index (χ0v) is 24.7. The first-order valence-electron chi connectivity index (χ1n) is 11.4. The molecular weight excluding hydrogens is 670 g/mol. The van der Waals surface area contributed by atoms with Gasteiger partial charge in [-0.3, -0.25) is 13.7 Å². The average Bonchev–Trinajstić information content (AvgIpc) is 2.93. The first-order valence-corrected chi connectivity index (χ1v) is 16.8. The molecular formula is C22H18N4O14P2S2. The maximum absolute atomic E-state index is 12.2. The van der Waals surface area contributed by atoms with Crippen molar-refractivity contribution >= 4 is 81.5 Å². The smallest absolute Gasteiger partial charge is 0.358 e. The highest BCUT2D eigenvalue weighted by atomic mass is 32.2. The van der Waals surface area contributed by atoms with Crippen molar-refractivity contribution in [2.45, 2.75) is 9.79 Å². The summed E-state index contributed by atoms with van der Waals surface area (Å²) in [5, 5.41) is 47.2. The number of benzene rings is 4. The molecule has 4 aromatic rings. The second-order valence-corrected chi connectivity index (χ2v) is 13.7. The van der Waals surface area contributed by atoms with Gasteiger partial charge in [0, 0.05) is 0 Å². The summed E-state index contributed by atoms with van der Waals surface area (Å²) in [6.45, 7) is 0. The van der Waals surface area contributed by atoms with Crippen molar-refractivity contribution in [2.24, 2.45) is 20.5 Å². The van der Waals surface area contributed by atoms with Gasteiger partial charge in [-0.2, -0.15) is 8.42 Å². The van der Waals surface area contributed by atoms with Crippen LogP contribution in [0.3, 0.4) is 0 Å². The second kappa shape index (κ2) is 12.8. The number of azo groups is 2. The van der Waals surface area contributed by atoms with Crippen molar-refractivity contribution in [2.75, 3.05) is 0 Å². The van der Waals surface area contributed by atoms with E-state index in [0.29, 0.717) is 0 Å². The Morgan fingerprint density at radius 1 is 0.727 bits per heavy atom. The predicted molar refractivity (Wildman–Crippen MR) is 152 cm³/mol. The number of aromatic hydroxyl groups is 2. The Morgan fingerprint density at radius 3 is 1.68 bits per heavy atom. The molecule has 0 heterocycles. The lowest BCUT2D eigenvalue weighted by Crippen LogP contribution is -2.03. The topological polar surface area (TPSA) is 298 Å². The molecule has 0 amide bonds. The Kier molecular flexibility index (Phi) is 9.66. The van der Waals surface area contributed by atoms with Crippen LogP contribution in [0.2, 0.25) is 0 Å². The average molecular weight is 688 g/mol. The molecule has 0 aromatic heterocycles. The summed E-state index contributed by atoms with van der Waals surface area (Å²) in [6, 6.07) is 11.6. The Hall–Kier alpha value is -3.62. The number of rotatable bonds is 10. The molecule has 0 unspecified atom stereocenters. The van der Waals surface area contributed by atoms with E-state index in [1.54, 1.807) is 0 Å². The minimum Gasteiger partial charge on any atom is -0.505 e. The van der Waals surface area contributed by atoms with Gasteiger partial charge in [-0.25, -0.2) is 5.26 Å². The maximum atomic E-state index is 12.2. The highest BCUT2D eigenvalue weighted by Gasteiger charge is 2.28. The van der Waals surface area contributed by atoms with E-state index in [0.717, 1.165) is 30.3 Å². The Balaban J connectivity index is 2.00. The maximum Gasteiger partial charge on any atom is 0.358 e. The fourth-order valence-corrected chi connectivity index (χ4v) is 6.31. The minimum atomic E-state index is -5.18. The molecule has 44 heavy (non-hydrogen) atoms. The summed E-state index contributed by atoms with van der Waals surface area (Å²) >= 11 is 0.207. The SMILES string of the molecule is O=P(O)(O)c1ccccc1N=Nc1c(SOOO)cc2cc(S(=O)(=O)O)c(N=Nc3ccccc3P(=O)(O)O)c(O)c2c1O. The van der Waals surface area contributed by atoms with E-state index in [9.17, 15) is 51.9 Å². The van der Waals surface area contributed by atoms with Crippen LogP contribution in [0.5, 0.6) is 11.5 Å². The second-order valence-electron chi connectivity index (χ2n) is 8.41. The largest absolute Gasteiger partial charge is 0.505 e. The van der Waals surface area contributed by atoms with Crippen LogP contribution in [-0.2, 0) is 28.6 Å². The molecule has 8 N–H and O–H groups in total. The highest BCUT2D eigenvalue weighted by molar-refractivity contribution is 7.94. The van der Waals surface area contributed by atoms with E-state index in [1.165, 1.54) is 30.3 Å². The molecule has 0 spiro atoms. The van der Waals surface area contributed by atoms with Crippen LogP contribution < -0.4 is 10.6 Å². The molecule has 0 aliphatic heterocycles. The van der Waals surface area contributed by atoms with Crippen LogP contribution in [0.25, 0.3) is 10.8 Å². The van der Waals surface area contributed by atoms with Crippen LogP contribution in [0, 0.1) is 0 Å². The number of phenols is 2. The molecule has 4 rings (SSSR count). The summed E-state index contributed by atoms with van der Waals surface area (Å²) in [5.41, 5.74) is -2.25. The predicted octanol–water partition coefficient (Wildman–Crippen LogP) is 4.36. The number of hydrogen-bond acceptors (Lipinski definition) is 14. The standard InChI is InChI=1S/C22H18N4O14P2S2/c27-21-18-11(9-16(43-40-39-29)19(21)25-23-12-5-1-3-7-14(12)41(30,31)32)10-17(44(36,37)38)20(22(18)28)26-24-13-6-2-4-8-15(13)42(33,34)35/h1-10,27-29H,(H2,30,31,32)(H2,33,34,35)(H,36,37,38). The number of nitrogens with zero attached hydrogens (tertiary/aromatic N) is 4. The first-order chi connectivity index (χ1) is 20.5. The van der Waals surface area contributed by atoms with Crippen LogP contribution >= 0.6 is 27.2 Å². The van der Waals surface area contributed by atoms with Crippen LogP contribution in [0.4, 0.5) is 22.7 Å². The molecule has 0 aliphatic carbocycles. The Morgan fingerprint density at radius 2 is 1.20 bits per heavy atom. The molecule has 232 valence electrons. The Labute approximate surface area is 250 Å². The summed E-state index contributed by atoms with van der Waals surface area (Å²) in [4.78, 5) is 37.1. The molecule has 0 bridgehead atoms. The molecule has 0 atom stereocenters. The van der Waals surface area contributed by atoms with Gasteiger partial charge in [-0.05, 0) is 41.8 Å². The van der Waals surface area contributed by atoms with Gasteiger partial charge in [0.2, 0.25) is 0 Å². The first kappa shape index (κ1) is 33.3. The third-order valence-electron chi connectivity index (χ3n) is 5.59. The lowest BCUT2D eigenvalue weighted by atomic mass is 10.1. The van der Waals surface area contributed by atoms with Crippen LogP contribution in [0.15, 0.2) is 90.9 Å². The lowest BCUT2D eigenvalue weighted by molar-refractivity contribution is -0.432. The zero-order valence-electron chi connectivity index (χ0n) is 21.3. The Bertz CT molecular complexity index is 2030. The van der Waals surface area contributed by atoms with E-state index in [-0.39, 0.29) is 28.0 Å². The van der Waals surface area contributed by atoms with Crippen molar-refractivity contribution in [3.63, 3.8) is 0 Å². The third kappa shape index (κ3) is 7.19. The fraction of sp³-hybridized carbons (Fsp3) is 0. The normalized spacial score (nSPS) is 13.0. The molecule has 22 heteroatoms. The summed E-state index contributed by atoms with van der Waals surface area (Å²) in [7, 11) is -14.9. The quantitative estimate of drug-likeness (QED) is 0.0287. The van der Waals surface area contributed by atoms with Crippen molar-refractivity contribution in [3.05, 3.63) is 60.7 Å². The van der Waals surface area contributed by atoms with Crippen molar-refractivity contribution in [1.82, 2.24) is 0 Å². The van der Waals surface area contributed by atoms with Gasteiger partial charge >= 0.3 is 15.2 Å². The van der Waals surface area contributed by atoms with E-state index >= 15 is 0 Å². The summed E-state index contributed by atoms with van der Waals surface area (Å²) in [5.74, 6) is -2.04. The van der Waals surface area contributed by atoms with E-state index in [2.05, 4.69) is 29.8 Å². The summed E-state index contributed by atoms with van der Waals surface area (Å²) in [6.07, 6.45) is 0. The molecule has 0 radical (unpaired) electrons. The number of phenolic OH excluding ortho intramolecular Hbond substituents is 2. The van der Waals surface area contributed by atoms with E-state index in [1.807, 2.05) is 0 Å². The fourth-order valence-electron chi connectivity index (χ4n) is 3.76. The zero-order chi connectivity index (χ0) is 32.4. The van der Waals surface area contributed by atoms with Gasteiger partial charge < -0.3 is 29.8 Å². The number of hydrogen-bond donors (Lipinski definition) is 8. The minimum absolute atomic E-state index is 0.207.